The van der Waals surface area contributed by atoms with Crippen LogP contribution in [0.5, 0.6) is 0 Å². The van der Waals surface area contributed by atoms with Gasteiger partial charge in [0.2, 0.25) is 5.91 Å². The van der Waals surface area contributed by atoms with E-state index in [4.69, 9.17) is 0 Å². The maximum Gasteiger partial charge on any atom is 0.259 e. The van der Waals surface area contributed by atoms with Gasteiger partial charge in [0.05, 0.1) is 5.56 Å². The number of amides is 2. The molecular formula is C25H29FN6O2. The molecule has 1 atom stereocenters. The van der Waals surface area contributed by atoms with E-state index in [1.54, 1.807) is 31.5 Å². The summed E-state index contributed by atoms with van der Waals surface area (Å²) in [7, 11) is 0. The quantitative estimate of drug-likeness (QED) is 0.515. The number of anilines is 1. The van der Waals surface area contributed by atoms with Gasteiger partial charge in [0.25, 0.3) is 5.91 Å². The van der Waals surface area contributed by atoms with Crippen LogP contribution in [0.3, 0.4) is 0 Å². The Morgan fingerprint density at radius 2 is 1.97 bits per heavy atom. The van der Waals surface area contributed by atoms with Gasteiger partial charge in [0.15, 0.2) is 5.82 Å². The van der Waals surface area contributed by atoms with Crippen LogP contribution >= 0.6 is 0 Å². The molecule has 1 unspecified atom stereocenters. The number of nitrogens with one attached hydrogen (secondary N) is 2. The minimum Gasteiger partial charge on any atom is -0.353 e. The smallest absolute Gasteiger partial charge is 0.259 e. The Kier molecular flexibility index (Phi) is 6.72. The topological polar surface area (TPSA) is 102 Å². The molecule has 0 bridgehead atoms. The molecule has 2 amide bonds. The average molecular weight is 465 g/mol. The summed E-state index contributed by atoms with van der Waals surface area (Å²) in [6.07, 6.45) is 3.95. The van der Waals surface area contributed by atoms with Gasteiger partial charge >= 0.3 is 0 Å². The molecule has 34 heavy (non-hydrogen) atoms. The molecule has 1 aromatic carbocycles. The predicted octanol–water partition coefficient (Wildman–Crippen LogP) is 4.39. The SMILES string of the molecule is Cc1cc(F)c(C(=O)Nc2cccc(-c3nncn3C(C)C)n2)cc1C(C)CC(=O)NC1CC1. The van der Waals surface area contributed by atoms with Gasteiger partial charge in [-0.05, 0) is 74.9 Å². The monoisotopic (exact) mass is 464 g/mol. The van der Waals surface area contributed by atoms with Crippen molar-refractivity contribution in [1.82, 2.24) is 25.1 Å². The number of rotatable bonds is 8. The van der Waals surface area contributed by atoms with E-state index in [9.17, 15) is 14.0 Å². The number of aryl methyl sites for hydroxylation is 1. The summed E-state index contributed by atoms with van der Waals surface area (Å²) < 4.78 is 16.6. The third-order valence-corrected chi connectivity index (χ3v) is 5.91. The normalized spacial score (nSPS) is 14.2. The average Bonchev–Trinajstić information content (AvgIpc) is 3.43. The van der Waals surface area contributed by atoms with Crippen molar-refractivity contribution in [3.63, 3.8) is 0 Å². The number of halogens is 1. The van der Waals surface area contributed by atoms with Crippen LogP contribution in [-0.4, -0.2) is 37.6 Å². The highest BCUT2D eigenvalue weighted by Gasteiger charge is 2.25. The molecule has 0 spiro atoms. The van der Waals surface area contributed by atoms with E-state index in [-0.39, 0.29) is 41.7 Å². The number of carbonyl (C=O) groups excluding carboxylic acids is 2. The Labute approximate surface area is 198 Å². The zero-order valence-electron chi connectivity index (χ0n) is 19.8. The lowest BCUT2D eigenvalue weighted by molar-refractivity contribution is -0.121. The zero-order valence-corrected chi connectivity index (χ0v) is 19.8. The molecule has 1 aliphatic carbocycles. The summed E-state index contributed by atoms with van der Waals surface area (Å²) in [5.41, 5.74) is 1.93. The van der Waals surface area contributed by atoms with E-state index in [1.165, 1.54) is 12.1 Å². The van der Waals surface area contributed by atoms with E-state index >= 15 is 0 Å². The number of carbonyl (C=O) groups is 2. The van der Waals surface area contributed by atoms with Crippen LogP contribution in [0, 0.1) is 12.7 Å². The van der Waals surface area contributed by atoms with E-state index in [0.717, 1.165) is 18.4 Å². The third kappa shape index (κ3) is 5.30. The van der Waals surface area contributed by atoms with Crippen molar-refractivity contribution in [1.29, 1.82) is 0 Å². The van der Waals surface area contributed by atoms with Crippen molar-refractivity contribution < 1.29 is 14.0 Å². The first kappa shape index (κ1) is 23.5. The number of hydrogen-bond donors (Lipinski definition) is 2. The zero-order chi connectivity index (χ0) is 24.4. The number of pyridine rings is 1. The van der Waals surface area contributed by atoms with Crippen molar-refractivity contribution in [3.8, 4) is 11.5 Å². The first-order valence-electron chi connectivity index (χ1n) is 11.5. The van der Waals surface area contributed by atoms with Crippen molar-refractivity contribution in [2.75, 3.05) is 5.32 Å². The van der Waals surface area contributed by atoms with Crippen LogP contribution < -0.4 is 10.6 Å². The lowest BCUT2D eigenvalue weighted by atomic mass is 9.91. The fourth-order valence-electron chi connectivity index (χ4n) is 3.91. The minimum atomic E-state index is -0.621. The summed E-state index contributed by atoms with van der Waals surface area (Å²) in [6.45, 7) is 7.70. The van der Waals surface area contributed by atoms with Gasteiger partial charge in [-0.2, -0.15) is 0 Å². The summed E-state index contributed by atoms with van der Waals surface area (Å²) in [4.78, 5) is 29.7. The van der Waals surface area contributed by atoms with Crippen LogP contribution in [0.15, 0.2) is 36.7 Å². The Bertz CT molecular complexity index is 1220. The molecule has 0 radical (unpaired) electrons. The lowest BCUT2D eigenvalue weighted by Crippen LogP contribution is -2.26. The van der Waals surface area contributed by atoms with Gasteiger partial charge in [-0.1, -0.05) is 13.0 Å². The number of nitrogens with zero attached hydrogens (tertiary/aromatic N) is 4. The molecule has 4 rings (SSSR count). The molecule has 8 nitrogen and oxygen atoms in total. The second kappa shape index (κ2) is 9.70. The lowest BCUT2D eigenvalue weighted by Gasteiger charge is -2.17. The second-order valence-electron chi connectivity index (χ2n) is 9.15. The molecule has 1 fully saturated rings. The fraction of sp³-hybridized carbons (Fsp3) is 0.400. The molecule has 1 aliphatic rings. The van der Waals surface area contributed by atoms with Gasteiger partial charge in [0.1, 0.15) is 23.7 Å². The third-order valence-electron chi connectivity index (χ3n) is 5.91. The largest absolute Gasteiger partial charge is 0.353 e. The Morgan fingerprint density at radius 3 is 2.68 bits per heavy atom. The molecule has 9 heteroatoms. The van der Waals surface area contributed by atoms with Crippen LogP contribution in [0.2, 0.25) is 0 Å². The molecule has 0 saturated heterocycles. The van der Waals surface area contributed by atoms with E-state index in [1.807, 2.05) is 25.3 Å². The minimum absolute atomic E-state index is 0.0278. The van der Waals surface area contributed by atoms with E-state index < -0.39 is 11.7 Å². The molecule has 2 N–H and O–H groups in total. The Hall–Kier alpha value is -3.62. The fourth-order valence-corrected chi connectivity index (χ4v) is 3.91. The maximum atomic E-state index is 14.8. The number of hydrogen-bond acceptors (Lipinski definition) is 5. The first-order valence-corrected chi connectivity index (χ1v) is 11.5. The highest BCUT2D eigenvalue weighted by molar-refractivity contribution is 6.04. The predicted molar refractivity (Wildman–Crippen MR) is 127 cm³/mol. The van der Waals surface area contributed by atoms with Crippen LogP contribution in [0.1, 0.15) is 73.5 Å². The standard InChI is InChI=1S/C25H29FN6O2/c1-14(2)32-13-27-31-24(32)21-6-5-7-22(29-21)30-25(34)19-12-18(15(3)10-20(19)26)16(4)11-23(33)28-17-8-9-17/h5-7,10,12-14,16-17H,8-9,11H2,1-4H3,(H,28,33)(H,29,30,34). The van der Waals surface area contributed by atoms with Crippen molar-refractivity contribution >= 4 is 17.6 Å². The second-order valence-corrected chi connectivity index (χ2v) is 9.15. The van der Waals surface area contributed by atoms with Crippen LogP contribution in [0.25, 0.3) is 11.5 Å². The van der Waals surface area contributed by atoms with Gasteiger partial charge in [0, 0.05) is 18.5 Å². The Balaban J connectivity index is 1.53. The van der Waals surface area contributed by atoms with Gasteiger partial charge in [-0.25, -0.2) is 9.37 Å². The summed E-state index contributed by atoms with van der Waals surface area (Å²) >= 11 is 0. The molecule has 0 aliphatic heterocycles. The number of aromatic nitrogens is 4. The van der Waals surface area contributed by atoms with Crippen molar-refractivity contribution in [2.24, 2.45) is 0 Å². The van der Waals surface area contributed by atoms with Crippen molar-refractivity contribution in [3.05, 3.63) is 59.2 Å². The highest BCUT2D eigenvalue weighted by atomic mass is 19.1. The molecule has 1 saturated carbocycles. The van der Waals surface area contributed by atoms with Crippen LogP contribution in [0.4, 0.5) is 10.2 Å². The molecule has 2 heterocycles. The highest BCUT2D eigenvalue weighted by Crippen LogP contribution is 2.27. The van der Waals surface area contributed by atoms with E-state index in [0.29, 0.717) is 17.1 Å². The molecular weight excluding hydrogens is 435 g/mol. The summed E-state index contributed by atoms with van der Waals surface area (Å²) in [6, 6.07) is 8.45. The maximum absolute atomic E-state index is 14.8. The Morgan fingerprint density at radius 1 is 1.21 bits per heavy atom. The molecule has 178 valence electrons. The van der Waals surface area contributed by atoms with Crippen molar-refractivity contribution in [2.45, 2.75) is 65.0 Å². The van der Waals surface area contributed by atoms with Crippen LogP contribution in [-0.2, 0) is 4.79 Å². The summed E-state index contributed by atoms with van der Waals surface area (Å²) in [5.74, 6) is -0.561. The molecule has 3 aromatic rings. The van der Waals surface area contributed by atoms with Gasteiger partial charge in [-0.15, -0.1) is 10.2 Å². The van der Waals surface area contributed by atoms with Gasteiger partial charge < -0.3 is 15.2 Å². The summed E-state index contributed by atoms with van der Waals surface area (Å²) in [5, 5.41) is 13.7. The first-order chi connectivity index (χ1) is 16.2. The number of benzene rings is 1. The van der Waals surface area contributed by atoms with Gasteiger partial charge in [-0.3, -0.25) is 9.59 Å². The van der Waals surface area contributed by atoms with E-state index in [2.05, 4.69) is 25.8 Å². The molecule has 2 aromatic heterocycles.